The first-order valence-corrected chi connectivity index (χ1v) is 9.40. The van der Waals surface area contributed by atoms with E-state index in [0.29, 0.717) is 41.1 Å². The highest BCUT2D eigenvalue weighted by molar-refractivity contribution is 7.89. The Morgan fingerprint density at radius 2 is 1.92 bits per heavy atom. The highest BCUT2D eigenvalue weighted by Gasteiger charge is 2.19. The Labute approximate surface area is 149 Å². The van der Waals surface area contributed by atoms with Gasteiger partial charge in [0.15, 0.2) is 11.5 Å². The number of rotatable bonds is 4. The second kappa shape index (κ2) is 6.21. The molecule has 0 saturated carbocycles. The molecule has 0 spiro atoms. The van der Waals surface area contributed by atoms with E-state index in [1.54, 1.807) is 35.0 Å². The zero-order chi connectivity index (χ0) is 17.4. The Balaban J connectivity index is 1.54. The van der Waals surface area contributed by atoms with Gasteiger partial charge in [0.1, 0.15) is 18.9 Å². The summed E-state index contributed by atoms with van der Waals surface area (Å²) < 4.78 is 40.1. The first-order valence-electron chi connectivity index (χ1n) is 7.54. The molecule has 0 amide bonds. The Bertz CT molecular complexity index is 1050. The second-order valence-electron chi connectivity index (χ2n) is 5.48. The smallest absolute Gasteiger partial charge is 0.241 e. The first-order chi connectivity index (χ1) is 12.0. The summed E-state index contributed by atoms with van der Waals surface area (Å²) in [6.45, 7) is 0.916. The molecule has 1 aliphatic heterocycles. The standard InChI is InChI=1S/C16H14ClN3O4S/c17-11-1-4-16-19-12(10-20(16)9-11)8-18-25(21,22)13-2-3-14-15(7-13)24-6-5-23-14/h1-4,7,9-10,18H,5-6,8H2. The molecule has 130 valence electrons. The number of sulfonamides is 1. The van der Waals surface area contributed by atoms with Crippen LogP contribution in [0, 0.1) is 0 Å². The van der Waals surface area contributed by atoms with Crippen molar-refractivity contribution in [2.24, 2.45) is 0 Å². The third kappa shape index (κ3) is 3.28. The quantitative estimate of drug-likeness (QED) is 0.751. The largest absolute Gasteiger partial charge is 0.486 e. The summed E-state index contributed by atoms with van der Waals surface area (Å²) >= 11 is 5.93. The van der Waals surface area contributed by atoms with Crippen LogP contribution in [0.3, 0.4) is 0 Å². The average Bonchev–Trinajstić information content (AvgIpc) is 3.02. The molecule has 1 aromatic carbocycles. The molecule has 1 N–H and O–H groups in total. The topological polar surface area (TPSA) is 81.9 Å². The minimum atomic E-state index is -3.70. The minimum Gasteiger partial charge on any atom is -0.486 e. The van der Waals surface area contributed by atoms with Gasteiger partial charge < -0.3 is 13.9 Å². The number of pyridine rings is 1. The maximum absolute atomic E-state index is 12.5. The molecule has 25 heavy (non-hydrogen) atoms. The summed E-state index contributed by atoms with van der Waals surface area (Å²) in [4.78, 5) is 4.47. The number of aromatic nitrogens is 2. The van der Waals surface area contributed by atoms with Gasteiger partial charge >= 0.3 is 0 Å². The first kappa shape index (κ1) is 16.2. The predicted octanol–water partition coefficient (Wildman–Crippen LogP) is 2.24. The number of imidazole rings is 1. The molecular weight excluding hydrogens is 366 g/mol. The van der Waals surface area contributed by atoms with Gasteiger partial charge in [-0.15, -0.1) is 0 Å². The lowest BCUT2D eigenvalue weighted by Crippen LogP contribution is -2.24. The summed E-state index contributed by atoms with van der Waals surface area (Å²) in [6, 6.07) is 8.03. The molecule has 3 aromatic rings. The number of hydrogen-bond acceptors (Lipinski definition) is 5. The second-order valence-corrected chi connectivity index (χ2v) is 7.68. The van der Waals surface area contributed by atoms with Crippen molar-refractivity contribution < 1.29 is 17.9 Å². The highest BCUT2D eigenvalue weighted by atomic mass is 35.5. The zero-order valence-electron chi connectivity index (χ0n) is 13.0. The van der Waals surface area contributed by atoms with Gasteiger partial charge in [-0.25, -0.2) is 18.1 Å². The van der Waals surface area contributed by atoms with Crippen LogP contribution < -0.4 is 14.2 Å². The van der Waals surface area contributed by atoms with Gasteiger partial charge in [0, 0.05) is 18.5 Å². The molecular formula is C16H14ClN3O4S. The molecule has 4 rings (SSSR count). The fourth-order valence-corrected chi connectivity index (χ4v) is 3.73. The van der Waals surface area contributed by atoms with Gasteiger partial charge in [-0.05, 0) is 24.3 Å². The van der Waals surface area contributed by atoms with E-state index in [9.17, 15) is 8.42 Å². The molecule has 0 bridgehead atoms. The van der Waals surface area contributed by atoms with Crippen LogP contribution in [0.4, 0.5) is 0 Å². The number of ether oxygens (including phenoxy) is 2. The number of hydrogen-bond donors (Lipinski definition) is 1. The lowest BCUT2D eigenvalue weighted by atomic mass is 10.3. The molecule has 0 aliphatic carbocycles. The fraction of sp³-hybridized carbons (Fsp3) is 0.188. The van der Waals surface area contributed by atoms with Crippen molar-refractivity contribution >= 4 is 27.3 Å². The Morgan fingerprint density at radius 3 is 2.76 bits per heavy atom. The number of nitrogens with one attached hydrogen (secondary N) is 1. The van der Waals surface area contributed by atoms with Gasteiger partial charge in [0.2, 0.25) is 10.0 Å². The van der Waals surface area contributed by atoms with E-state index in [2.05, 4.69) is 9.71 Å². The molecule has 0 radical (unpaired) electrons. The molecule has 7 nitrogen and oxygen atoms in total. The van der Waals surface area contributed by atoms with Crippen LogP contribution in [0.15, 0.2) is 47.6 Å². The van der Waals surface area contributed by atoms with Crippen molar-refractivity contribution in [2.45, 2.75) is 11.4 Å². The number of fused-ring (bicyclic) bond motifs is 2. The van der Waals surface area contributed by atoms with Gasteiger partial charge in [0.25, 0.3) is 0 Å². The van der Waals surface area contributed by atoms with Gasteiger partial charge in [-0.3, -0.25) is 0 Å². The lowest BCUT2D eigenvalue weighted by Gasteiger charge is -2.18. The number of halogens is 1. The van der Waals surface area contributed by atoms with Crippen LogP contribution >= 0.6 is 11.6 Å². The van der Waals surface area contributed by atoms with Crippen molar-refractivity contribution in [1.29, 1.82) is 0 Å². The lowest BCUT2D eigenvalue weighted by molar-refractivity contribution is 0.171. The monoisotopic (exact) mass is 379 g/mol. The van der Waals surface area contributed by atoms with Crippen LogP contribution in [0.2, 0.25) is 5.02 Å². The molecule has 0 fully saturated rings. The summed E-state index contributed by atoms with van der Waals surface area (Å²) in [5, 5.41) is 0.577. The van der Waals surface area contributed by atoms with Crippen LogP contribution in [-0.2, 0) is 16.6 Å². The van der Waals surface area contributed by atoms with Crippen LogP contribution in [0.1, 0.15) is 5.69 Å². The van der Waals surface area contributed by atoms with Gasteiger partial charge in [0.05, 0.1) is 22.2 Å². The summed E-state index contributed by atoms with van der Waals surface area (Å²) in [5.41, 5.74) is 1.28. The van der Waals surface area contributed by atoms with Gasteiger partial charge in [-0.1, -0.05) is 11.6 Å². The van der Waals surface area contributed by atoms with E-state index >= 15 is 0 Å². The summed E-state index contributed by atoms with van der Waals surface area (Å²) in [7, 11) is -3.70. The van der Waals surface area contributed by atoms with E-state index in [-0.39, 0.29) is 11.4 Å². The third-order valence-electron chi connectivity index (χ3n) is 3.73. The molecule has 0 saturated heterocycles. The Kier molecular flexibility index (Phi) is 4.03. The van der Waals surface area contributed by atoms with Crippen LogP contribution in [0.25, 0.3) is 5.65 Å². The van der Waals surface area contributed by atoms with E-state index in [4.69, 9.17) is 21.1 Å². The summed E-state index contributed by atoms with van der Waals surface area (Å²) in [5.74, 6) is 0.971. The van der Waals surface area contributed by atoms with E-state index in [1.165, 1.54) is 12.1 Å². The number of nitrogens with zero attached hydrogens (tertiary/aromatic N) is 2. The van der Waals surface area contributed by atoms with E-state index in [1.807, 2.05) is 0 Å². The SMILES string of the molecule is O=S(=O)(NCc1cn2cc(Cl)ccc2n1)c1ccc2c(c1)OCCO2. The molecule has 0 unspecified atom stereocenters. The number of benzene rings is 1. The van der Waals surface area contributed by atoms with Crippen LogP contribution in [0.5, 0.6) is 11.5 Å². The minimum absolute atomic E-state index is 0.0655. The van der Waals surface area contributed by atoms with Crippen molar-refractivity contribution in [3.8, 4) is 11.5 Å². The van der Waals surface area contributed by atoms with Crippen LogP contribution in [-0.4, -0.2) is 31.0 Å². The van der Waals surface area contributed by atoms with E-state index < -0.39 is 10.0 Å². The maximum atomic E-state index is 12.5. The molecule has 3 heterocycles. The fourth-order valence-electron chi connectivity index (χ4n) is 2.55. The third-order valence-corrected chi connectivity index (χ3v) is 5.35. The van der Waals surface area contributed by atoms with Crippen molar-refractivity contribution in [3.05, 3.63) is 53.4 Å². The maximum Gasteiger partial charge on any atom is 0.241 e. The average molecular weight is 380 g/mol. The van der Waals surface area contributed by atoms with E-state index in [0.717, 1.165) is 0 Å². The zero-order valence-corrected chi connectivity index (χ0v) is 14.5. The normalized spacial score (nSPS) is 14.0. The Hall–Kier alpha value is -2.29. The van der Waals surface area contributed by atoms with Crippen molar-refractivity contribution in [2.75, 3.05) is 13.2 Å². The van der Waals surface area contributed by atoms with Crippen molar-refractivity contribution in [1.82, 2.24) is 14.1 Å². The Morgan fingerprint density at radius 1 is 1.12 bits per heavy atom. The predicted molar refractivity (Wildman–Crippen MR) is 91.7 cm³/mol. The van der Waals surface area contributed by atoms with Crippen molar-refractivity contribution in [3.63, 3.8) is 0 Å². The molecule has 9 heteroatoms. The summed E-state index contributed by atoms with van der Waals surface area (Å²) in [6.07, 6.45) is 3.44. The molecule has 1 aliphatic rings. The molecule has 2 aromatic heterocycles. The highest BCUT2D eigenvalue weighted by Crippen LogP contribution is 2.32. The van der Waals surface area contributed by atoms with Gasteiger partial charge in [-0.2, -0.15) is 0 Å². The molecule has 0 atom stereocenters.